The summed E-state index contributed by atoms with van der Waals surface area (Å²) in [6.45, 7) is 2.08. The van der Waals surface area contributed by atoms with E-state index in [1.165, 1.54) is 6.42 Å². The molecule has 2 aromatic rings. The molecule has 6 heteroatoms. The highest BCUT2D eigenvalue weighted by Gasteiger charge is 2.33. The van der Waals surface area contributed by atoms with Crippen molar-refractivity contribution >= 4 is 11.7 Å². The monoisotopic (exact) mass is 325 g/mol. The number of aromatic nitrogens is 2. The molecule has 0 saturated heterocycles. The summed E-state index contributed by atoms with van der Waals surface area (Å²) in [6.07, 6.45) is 3.71. The summed E-state index contributed by atoms with van der Waals surface area (Å²) in [7, 11) is 0. The predicted molar refractivity (Wildman–Crippen MR) is 87.7 cm³/mol. The van der Waals surface area contributed by atoms with Gasteiger partial charge in [0.1, 0.15) is 24.9 Å². The van der Waals surface area contributed by atoms with Crippen LogP contribution in [0.25, 0.3) is 0 Å². The first-order chi connectivity index (χ1) is 11.8. The van der Waals surface area contributed by atoms with Crippen molar-refractivity contribution in [2.45, 2.75) is 38.1 Å². The molecule has 0 fully saturated rings. The molecule has 1 unspecified atom stereocenters. The van der Waals surface area contributed by atoms with Crippen LogP contribution in [-0.4, -0.2) is 28.7 Å². The normalized spacial score (nSPS) is 21.7. The Morgan fingerprint density at radius 1 is 1.17 bits per heavy atom. The fraction of sp³-hybridized carbons (Fsp3) is 0.444. The molecule has 3 aliphatic rings. The minimum atomic E-state index is -0.0253. The van der Waals surface area contributed by atoms with Gasteiger partial charge in [-0.2, -0.15) is 0 Å². The minimum absolute atomic E-state index is 0.0253. The maximum absolute atomic E-state index is 12.3. The van der Waals surface area contributed by atoms with Gasteiger partial charge in [0.05, 0.1) is 5.69 Å². The lowest BCUT2D eigenvalue weighted by Crippen LogP contribution is -2.25. The molecule has 0 spiro atoms. The standard InChI is InChI=1S/C18H19N3O3/c22-16-10-12(11-4-5-13-14(9-11)24-8-7-23-13)17-18(20-16)21-6-2-1-3-15(21)19-17/h4-5,9,12H,1-3,6-8,10H2,(H,20,22). The van der Waals surface area contributed by atoms with Crippen molar-refractivity contribution in [1.82, 2.24) is 9.55 Å². The highest BCUT2D eigenvalue weighted by Crippen LogP contribution is 2.41. The first-order valence-electron chi connectivity index (χ1n) is 8.58. The number of fused-ring (bicyclic) bond motifs is 4. The largest absolute Gasteiger partial charge is 0.486 e. The summed E-state index contributed by atoms with van der Waals surface area (Å²) in [5.74, 6) is 3.54. The average Bonchev–Trinajstić information content (AvgIpc) is 2.99. The molecule has 1 N–H and O–H groups in total. The Morgan fingerprint density at radius 2 is 2.04 bits per heavy atom. The van der Waals surface area contributed by atoms with Crippen LogP contribution in [0, 0.1) is 0 Å². The number of hydrogen-bond donors (Lipinski definition) is 1. The van der Waals surface area contributed by atoms with E-state index in [1.807, 2.05) is 18.2 Å². The van der Waals surface area contributed by atoms with Gasteiger partial charge in [-0.25, -0.2) is 4.98 Å². The molecule has 0 bridgehead atoms. The number of carbonyl (C=O) groups excluding carboxylic acids is 1. The molecule has 24 heavy (non-hydrogen) atoms. The van der Waals surface area contributed by atoms with Crippen LogP contribution in [0.15, 0.2) is 18.2 Å². The zero-order chi connectivity index (χ0) is 16.1. The van der Waals surface area contributed by atoms with Crippen LogP contribution >= 0.6 is 0 Å². The lowest BCUT2D eigenvalue weighted by Gasteiger charge is -2.25. The van der Waals surface area contributed by atoms with E-state index in [0.717, 1.165) is 53.8 Å². The van der Waals surface area contributed by atoms with E-state index in [9.17, 15) is 4.79 Å². The number of aryl methyl sites for hydroxylation is 1. The van der Waals surface area contributed by atoms with Gasteiger partial charge in [-0.05, 0) is 30.5 Å². The molecule has 0 saturated carbocycles. The Bertz CT molecular complexity index is 827. The fourth-order valence-electron chi connectivity index (χ4n) is 3.90. The first kappa shape index (κ1) is 13.9. The lowest BCUT2D eigenvalue weighted by molar-refractivity contribution is -0.116. The van der Waals surface area contributed by atoms with Crippen molar-refractivity contribution in [2.24, 2.45) is 0 Å². The molecule has 5 rings (SSSR count). The molecule has 1 amide bonds. The third kappa shape index (κ3) is 2.09. The number of rotatable bonds is 1. The molecule has 1 aromatic heterocycles. The zero-order valence-electron chi connectivity index (χ0n) is 13.4. The topological polar surface area (TPSA) is 65.4 Å². The van der Waals surface area contributed by atoms with Crippen molar-refractivity contribution in [3.05, 3.63) is 35.3 Å². The number of carbonyl (C=O) groups is 1. The summed E-state index contributed by atoms with van der Waals surface area (Å²) in [4.78, 5) is 17.1. The lowest BCUT2D eigenvalue weighted by atomic mass is 9.89. The number of imidazole rings is 1. The number of ether oxygens (including phenoxy) is 2. The van der Waals surface area contributed by atoms with Gasteiger partial charge in [0, 0.05) is 25.3 Å². The molecule has 1 atom stereocenters. The van der Waals surface area contributed by atoms with E-state index >= 15 is 0 Å². The average molecular weight is 325 g/mol. The second kappa shape index (κ2) is 5.26. The van der Waals surface area contributed by atoms with Gasteiger partial charge in [-0.1, -0.05) is 6.07 Å². The molecule has 124 valence electrons. The summed E-state index contributed by atoms with van der Waals surface area (Å²) in [6, 6.07) is 5.96. The Balaban J connectivity index is 1.60. The van der Waals surface area contributed by atoms with Gasteiger partial charge in [-0.15, -0.1) is 0 Å². The molecule has 4 heterocycles. The highest BCUT2D eigenvalue weighted by molar-refractivity contribution is 5.94. The third-order valence-corrected chi connectivity index (χ3v) is 5.05. The van der Waals surface area contributed by atoms with Gasteiger partial charge in [0.2, 0.25) is 5.91 Å². The number of nitrogens with one attached hydrogen (secondary N) is 1. The van der Waals surface area contributed by atoms with Gasteiger partial charge < -0.3 is 19.4 Å². The van der Waals surface area contributed by atoms with E-state index in [1.54, 1.807) is 0 Å². The van der Waals surface area contributed by atoms with Gasteiger partial charge in [-0.3, -0.25) is 4.79 Å². The maximum atomic E-state index is 12.3. The Kier molecular flexibility index (Phi) is 3.04. The molecule has 6 nitrogen and oxygen atoms in total. The molecule has 0 aliphatic carbocycles. The predicted octanol–water partition coefficient (Wildman–Crippen LogP) is 2.46. The van der Waals surface area contributed by atoms with Crippen LogP contribution in [0.4, 0.5) is 5.82 Å². The molecular weight excluding hydrogens is 306 g/mol. The van der Waals surface area contributed by atoms with Crippen LogP contribution in [0.1, 0.15) is 42.3 Å². The van der Waals surface area contributed by atoms with Gasteiger partial charge >= 0.3 is 0 Å². The summed E-state index contributed by atoms with van der Waals surface area (Å²) in [5, 5.41) is 3.04. The second-order valence-corrected chi connectivity index (χ2v) is 6.58. The van der Waals surface area contributed by atoms with E-state index in [-0.39, 0.29) is 11.8 Å². The van der Waals surface area contributed by atoms with Crippen molar-refractivity contribution < 1.29 is 14.3 Å². The maximum Gasteiger partial charge on any atom is 0.226 e. The number of amides is 1. The fourth-order valence-corrected chi connectivity index (χ4v) is 3.90. The molecule has 1 aromatic carbocycles. The van der Waals surface area contributed by atoms with Crippen LogP contribution in [0.5, 0.6) is 11.5 Å². The summed E-state index contributed by atoms with van der Waals surface area (Å²) in [5.41, 5.74) is 2.05. The van der Waals surface area contributed by atoms with E-state index in [0.29, 0.717) is 19.6 Å². The molecular formula is C18H19N3O3. The van der Waals surface area contributed by atoms with Crippen LogP contribution < -0.4 is 14.8 Å². The Morgan fingerprint density at radius 3 is 2.96 bits per heavy atom. The number of benzene rings is 1. The van der Waals surface area contributed by atoms with E-state index < -0.39 is 0 Å². The molecule has 3 aliphatic heterocycles. The highest BCUT2D eigenvalue weighted by atomic mass is 16.6. The number of anilines is 1. The van der Waals surface area contributed by atoms with Crippen LogP contribution in [-0.2, 0) is 17.8 Å². The smallest absolute Gasteiger partial charge is 0.226 e. The zero-order valence-corrected chi connectivity index (χ0v) is 13.4. The number of hydrogen-bond acceptors (Lipinski definition) is 4. The van der Waals surface area contributed by atoms with Crippen molar-refractivity contribution in [3.8, 4) is 11.5 Å². The van der Waals surface area contributed by atoms with Crippen molar-refractivity contribution in [2.75, 3.05) is 18.5 Å². The van der Waals surface area contributed by atoms with E-state index in [4.69, 9.17) is 14.5 Å². The van der Waals surface area contributed by atoms with Crippen LogP contribution in [0.2, 0.25) is 0 Å². The quantitative estimate of drug-likeness (QED) is 0.875. The Hall–Kier alpha value is -2.50. The Labute approximate surface area is 139 Å². The second-order valence-electron chi connectivity index (χ2n) is 6.58. The molecule has 0 radical (unpaired) electrons. The summed E-state index contributed by atoms with van der Waals surface area (Å²) >= 11 is 0. The van der Waals surface area contributed by atoms with Gasteiger partial charge in [0.25, 0.3) is 0 Å². The third-order valence-electron chi connectivity index (χ3n) is 5.05. The van der Waals surface area contributed by atoms with E-state index in [2.05, 4.69) is 9.88 Å². The number of nitrogens with zero attached hydrogens (tertiary/aromatic N) is 2. The summed E-state index contributed by atoms with van der Waals surface area (Å²) < 4.78 is 13.5. The first-order valence-corrected chi connectivity index (χ1v) is 8.58. The van der Waals surface area contributed by atoms with Crippen molar-refractivity contribution in [3.63, 3.8) is 0 Å². The van der Waals surface area contributed by atoms with Crippen molar-refractivity contribution in [1.29, 1.82) is 0 Å². The van der Waals surface area contributed by atoms with Gasteiger partial charge in [0.15, 0.2) is 11.5 Å². The van der Waals surface area contributed by atoms with Crippen LogP contribution in [0.3, 0.4) is 0 Å². The minimum Gasteiger partial charge on any atom is -0.486 e. The SMILES string of the molecule is O=C1CC(c2ccc3c(c2)OCCO3)c2nc3n(c2N1)CCCC3.